The number of anilines is 1. The van der Waals surface area contributed by atoms with Crippen LogP contribution in [-0.4, -0.2) is 23.8 Å². The Morgan fingerprint density at radius 2 is 2.00 bits per heavy atom. The molecule has 0 fully saturated rings. The predicted octanol–water partition coefficient (Wildman–Crippen LogP) is 5.43. The standard InChI is InChI=1S/C21H17Cl2N3O2S2/c1-29-14-5-2-12(3-6-14)15-9-19(27)26-21(16(15)10-24)30-11-20(28)25-18-7-4-13(22)8-17(18)23/h2-8,15H,9,11H2,1H3,(H,25,28)(H,26,27)/t15-/m1/s1. The van der Waals surface area contributed by atoms with E-state index < -0.39 is 0 Å². The zero-order valence-electron chi connectivity index (χ0n) is 15.9. The van der Waals surface area contributed by atoms with Gasteiger partial charge in [-0.3, -0.25) is 9.59 Å². The van der Waals surface area contributed by atoms with Gasteiger partial charge in [-0.05, 0) is 42.2 Å². The SMILES string of the molecule is CSc1ccc([C@H]2CC(=O)NC(SCC(=O)Nc3ccc(Cl)cc3Cl)=C2C#N)cc1. The summed E-state index contributed by atoms with van der Waals surface area (Å²) in [7, 11) is 0. The Kier molecular flexibility index (Phi) is 7.73. The molecule has 0 unspecified atom stereocenters. The molecule has 0 radical (unpaired) electrons. The van der Waals surface area contributed by atoms with Crippen molar-refractivity contribution in [3.05, 3.63) is 68.7 Å². The van der Waals surface area contributed by atoms with E-state index in [9.17, 15) is 14.9 Å². The highest BCUT2D eigenvalue weighted by Gasteiger charge is 2.29. The number of nitrogens with zero attached hydrogens (tertiary/aromatic N) is 1. The molecule has 9 heteroatoms. The number of hydrogen-bond donors (Lipinski definition) is 2. The minimum atomic E-state index is -0.337. The van der Waals surface area contributed by atoms with Crippen molar-refractivity contribution in [2.75, 3.05) is 17.3 Å². The van der Waals surface area contributed by atoms with Crippen LogP contribution in [0.3, 0.4) is 0 Å². The molecule has 1 atom stereocenters. The zero-order valence-corrected chi connectivity index (χ0v) is 19.0. The molecule has 30 heavy (non-hydrogen) atoms. The summed E-state index contributed by atoms with van der Waals surface area (Å²) in [6.07, 6.45) is 2.18. The van der Waals surface area contributed by atoms with Crippen LogP contribution in [0.15, 0.2) is 58.0 Å². The van der Waals surface area contributed by atoms with E-state index in [4.69, 9.17) is 23.2 Å². The summed E-state index contributed by atoms with van der Waals surface area (Å²) in [6.45, 7) is 0. The van der Waals surface area contributed by atoms with Crippen molar-refractivity contribution in [2.24, 2.45) is 0 Å². The molecular weight excluding hydrogens is 461 g/mol. The molecule has 2 aromatic carbocycles. The molecule has 154 valence electrons. The Labute approximate surface area is 193 Å². The molecule has 0 saturated heterocycles. The number of nitriles is 1. The number of halogens is 2. The summed E-state index contributed by atoms with van der Waals surface area (Å²) in [4.78, 5) is 25.7. The third-order valence-corrected chi connectivity index (χ3v) is 6.74. The van der Waals surface area contributed by atoms with E-state index in [1.807, 2.05) is 30.5 Å². The van der Waals surface area contributed by atoms with Gasteiger partial charge in [-0.2, -0.15) is 5.26 Å². The number of rotatable bonds is 6. The second-order valence-corrected chi connectivity index (χ2v) is 9.10. The third-order valence-electron chi connectivity index (χ3n) is 4.43. The van der Waals surface area contributed by atoms with Crippen molar-refractivity contribution in [3.8, 4) is 6.07 Å². The third kappa shape index (κ3) is 5.52. The minimum absolute atomic E-state index is 0.0118. The lowest BCUT2D eigenvalue weighted by Crippen LogP contribution is -2.31. The molecular formula is C21H17Cl2N3O2S2. The summed E-state index contributed by atoms with van der Waals surface area (Å²) in [5.41, 5.74) is 1.80. The number of thioether (sulfide) groups is 2. The van der Waals surface area contributed by atoms with Crippen LogP contribution in [0.5, 0.6) is 0 Å². The number of nitrogens with one attached hydrogen (secondary N) is 2. The second-order valence-electron chi connectivity index (χ2n) is 6.39. The fraction of sp³-hybridized carbons (Fsp3) is 0.190. The van der Waals surface area contributed by atoms with Gasteiger partial charge in [0, 0.05) is 22.3 Å². The topological polar surface area (TPSA) is 82.0 Å². The summed E-state index contributed by atoms with van der Waals surface area (Å²) >= 11 is 14.7. The van der Waals surface area contributed by atoms with Crippen LogP contribution in [0.1, 0.15) is 17.9 Å². The molecule has 3 rings (SSSR count). The molecule has 2 aromatic rings. The smallest absolute Gasteiger partial charge is 0.234 e. The summed E-state index contributed by atoms with van der Waals surface area (Å²) < 4.78 is 0. The van der Waals surface area contributed by atoms with Gasteiger partial charge >= 0.3 is 0 Å². The van der Waals surface area contributed by atoms with Crippen LogP contribution in [0.4, 0.5) is 5.69 Å². The maximum atomic E-state index is 12.3. The first-order chi connectivity index (χ1) is 14.4. The second kappa shape index (κ2) is 10.3. The van der Waals surface area contributed by atoms with E-state index in [0.717, 1.165) is 22.2 Å². The molecule has 2 N–H and O–H groups in total. The van der Waals surface area contributed by atoms with Crippen LogP contribution in [-0.2, 0) is 9.59 Å². The van der Waals surface area contributed by atoms with Gasteiger partial charge in [-0.25, -0.2) is 0 Å². The van der Waals surface area contributed by atoms with Crippen molar-refractivity contribution >= 4 is 64.2 Å². The van der Waals surface area contributed by atoms with Gasteiger partial charge in [-0.15, -0.1) is 11.8 Å². The van der Waals surface area contributed by atoms with Gasteiger partial charge in [0.25, 0.3) is 0 Å². The van der Waals surface area contributed by atoms with E-state index in [-0.39, 0.29) is 29.9 Å². The Bertz CT molecular complexity index is 1050. The highest BCUT2D eigenvalue weighted by molar-refractivity contribution is 8.03. The minimum Gasteiger partial charge on any atom is -0.324 e. The first-order valence-electron chi connectivity index (χ1n) is 8.87. The predicted molar refractivity (Wildman–Crippen MR) is 124 cm³/mol. The quantitative estimate of drug-likeness (QED) is 0.542. The van der Waals surface area contributed by atoms with E-state index in [1.165, 1.54) is 6.07 Å². The lowest BCUT2D eigenvalue weighted by molar-refractivity contribution is -0.121. The number of amides is 2. The van der Waals surface area contributed by atoms with E-state index in [1.54, 1.807) is 23.9 Å². The van der Waals surface area contributed by atoms with Gasteiger partial charge in [0.2, 0.25) is 11.8 Å². The van der Waals surface area contributed by atoms with Crippen molar-refractivity contribution in [1.29, 1.82) is 5.26 Å². The number of carbonyl (C=O) groups excluding carboxylic acids is 2. The summed E-state index contributed by atoms with van der Waals surface area (Å²) in [5.74, 6) is -0.819. The maximum absolute atomic E-state index is 12.3. The fourth-order valence-electron chi connectivity index (χ4n) is 2.97. The molecule has 1 aliphatic rings. The lowest BCUT2D eigenvalue weighted by Gasteiger charge is -2.25. The number of hydrogen-bond acceptors (Lipinski definition) is 5. The molecule has 2 amide bonds. The molecule has 0 spiro atoms. The number of allylic oxidation sites excluding steroid dienone is 1. The number of carbonyl (C=O) groups is 2. The Morgan fingerprint density at radius 3 is 2.63 bits per heavy atom. The molecule has 0 aromatic heterocycles. The monoisotopic (exact) mass is 477 g/mol. The molecule has 0 aliphatic carbocycles. The van der Waals surface area contributed by atoms with E-state index in [0.29, 0.717) is 26.3 Å². The normalized spacial score (nSPS) is 16.1. The van der Waals surface area contributed by atoms with Crippen molar-refractivity contribution in [3.63, 3.8) is 0 Å². The van der Waals surface area contributed by atoms with Gasteiger partial charge in [0.15, 0.2) is 0 Å². The van der Waals surface area contributed by atoms with Gasteiger partial charge < -0.3 is 10.6 Å². The van der Waals surface area contributed by atoms with Gasteiger partial charge in [0.05, 0.1) is 33.1 Å². The van der Waals surface area contributed by atoms with Crippen LogP contribution >= 0.6 is 46.7 Å². The Hall–Kier alpha value is -2.11. The highest BCUT2D eigenvalue weighted by atomic mass is 35.5. The largest absolute Gasteiger partial charge is 0.324 e. The average Bonchev–Trinajstić information content (AvgIpc) is 2.74. The van der Waals surface area contributed by atoms with E-state index >= 15 is 0 Å². The lowest BCUT2D eigenvalue weighted by atomic mass is 9.87. The Morgan fingerprint density at radius 1 is 1.27 bits per heavy atom. The zero-order chi connectivity index (χ0) is 21.7. The van der Waals surface area contributed by atoms with Crippen LogP contribution in [0, 0.1) is 11.3 Å². The summed E-state index contributed by atoms with van der Waals surface area (Å²) in [6, 6.07) is 14.8. The first-order valence-corrected chi connectivity index (χ1v) is 11.8. The van der Waals surface area contributed by atoms with Crippen molar-refractivity contribution < 1.29 is 9.59 Å². The first kappa shape index (κ1) is 22.6. The molecule has 1 heterocycles. The van der Waals surface area contributed by atoms with Gasteiger partial charge in [0.1, 0.15) is 0 Å². The van der Waals surface area contributed by atoms with Crippen LogP contribution in [0.2, 0.25) is 10.0 Å². The molecule has 5 nitrogen and oxygen atoms in total. The van der Waals surface area contributed by atoms with Crippen LogP contribution < -0.4 is 10.6 Å². The van der Waals surface area contributed by atoms with Crippen molar-refractivity contribution in [1.82, 2.24) is 5.32 Å². The van der Waals surface area contributed by atoms with E-state index in [2.05, 4.69) is 16.7 Å². The van der Waals surface area contributed by atoms with Crippen molar-refractivity contribution in [2.45, 2.75) is 17.2 Å². The summed E-state index contributed by atoms with van der Waals surface area (Å²) in [5, 5.41) is 16.4. The fourth-order valence-corrected chi connectivity index (χ4v) is 4.71. The van der Waals surface area contributed by atoms with Gasteiger partial charge in [-0.1, -0.05) is 47.1 Å². The molecule has 0 saturated carbocycles. The average molecular weight is 478 g/mol. The maximum Gasteiger partial charge on any atom is 0.234 e. The Balaban J connectivity index is 1.75. The van der Waals surface area contributed by atoms with Crippen LogP contribution in [0.25, 0.3) is 0 Å². The molecule has 1 aliphatic heterocycles. The molecule has 0 bridgehead atoms. The highest BCUT2D eigenvalue weighted by Crippen LogP contribution is 2.36. The number of benzene rings is 2.